The van der Waals surface area contributed by atoms with Gasteiger partial charge in [0.05, 0.1) is 37.2 Å². The first-order chi connectivity index (χ1) is 25.5. The van der Waals surface area contributed by atoms with E-state index in [-0.39, 0.29) is 29.2 Å². The smallest absolute Gasteiger partial charge is 0.239 e. The van der Waals surface area contributed by atoms with Gasteiger partial charge in [-0.3, -0.25) is 9.59 Å². The molecule has 2 bridgehead atoms. The van der Waals surface area contributed by atoms with Crippen molar-refractivity contribution in [3.8, 4) is 40.0 Å². The van der Waals surface area contributed by atoms with E-state index in [1.165, 1.54) is 4.90 Å². The maximum atomic E-state index is 14.8. The fourth-order valence-corrected chi connectivity index (χ4v) is 8.63. The van der Waals surface area contributed by atoms with Crippen molar-refractivity contribution in [3.05, 3.63) is 155 Å². The van der Waals surface area contributed by atoms with E-state index in [4.69, 9.17) is 18.9 Å². The number of hydrogen-bond acceptors (Lipinski definition) is 7. The molecule has 0 radical (unpaired) electrons. The molecule has 8 nitrogen and oxygen atoms in total. The molecule has 6 aromatic rings. The number of para-hydroxylation sites is 1. The molecule has 1 aromatic heterocycles. The molecule has 0 saturated carbocycles. The van der Waals surface area contributed by atoms with Crippen molar-refractivity contribution >= 4 is 29.6 Å². The van der Waals surface area contributed by atoms with Crippen LogP contribution in [0.1, 0.15) is 33.7 Å². The lowest BCUT2D eigenvalue weighted by atomic mass is 9.47. The van der Waals surface area contributed by atoms with Gasteiger partial charge in [0.25, 0.3) is 0 Å². The molecule has 0 N–H and O–H groups in total. The molecule has 1 aliphatic heterocycles. The van der Waals surface area contributed by atoms with Crippen LogP contribution in [0.2, 0.25) is 0 Å². The minimum absolute atomic E-state index is 0.101. The highest BCUT2D eigenvalue weighted by molar-refractivity contribution is 6.25. The minimum Gasteiger partial charge on any atom is -0.497 e. The molecule has 2 heterocycles. The van der Waals surface area contributed by atoms with Crippen LogP contribution < -0.4 is 14.4 Å². The van der Waals surface area contributed by atoms with Gasteiger partial charge in [-0.25, -0.2) is 9.89 Å². The predicted molar refractivity (Wildman–Crippen MR) is 197 cm³/mol. The Morgan fingerprint density at radius 1 is 0.731 bits per heavy atom. The number of amides is 2. The molecule has 4 aliphatic rings. The molecule has 1 saturated heterocycles. The molecule has 2 atom stereocenters. The lowest BCUT2D eigenvalue weighted by molar-refractivity contribution is -0.122. The lowest BCUT2D eigenvalue weighted by Crippen LogP contribution is -2.54. The molecule has 3 aliphatic carbocycles. The second kappa shape index (κ2) is 12.0. The second-order valence-electron chi connectivity index (χ2n) is 13.2. The van der Waals surface area contributed by atoms with E-state index in [9.17, 15) is 14.9 Å². The van der Waals surface area contributed by atoms with Crippen LogP contribution >= 0.6 is 0 Å². The molecular weight excluding hydrogens is 650 g/mol. The highest BCUT2D eigenvalue weighted by Gasteiger charge is 2.68. The van der Waals surface area contributed by atoms with Crippen LogP contribution in [0.3, 0.4) is 0 Å². The van der Waals surface area contributed by atoms with Gasteiger partial charge in [-0.1, -0.05) is 78.9 Å². The highest BCUT2D eigenvalue weighted by Crippen LogP contribution is 2.64. The minimum atomic E-state index is -1.14. The van der Waals surface area contributed by atoms with Crippen LogP contribution in [-0.2, 0) is 15.0 Å². The summed E-state index contributed by atoms with van der Waals surface area (Å²) in [4.78, 5) is 35.7. The molecule has 52 heavy (non-hydrogen) atoms. The Bertz CT molecular complexity index is 2410. The molecular formula is C44H31N3O5. The molecule has 0 spiro atoms. The average Bonchev–Trinajstić information content (AvgIpc) is 3.71. The van der Waals surface area contributed by atoms with Crippen molar-refractivity contribution in [3.63, 3.8) is 0 Å². The largest absolute Gasteiger partial charge is 0.497 e. The number of nitriles is 1. The Kier molecular flexibility index (Phi) is 7.19. The zero-order valence-corrected chi connectivity index (χ0v) is 28.3. The Morgan fingerprint density at radius 3 is 1.87 bits per heavy atom. The number of furan rings is 1. The van der Waals surface area contributed by atoms with E-state index < -0.39 is 17.3 Å². The summed E-state index contributed by atoms with van der Waals surface area (Å²) < 4.78 is 17.4. The Morgan fingerprint density at radius 2 is 1.29 bits per heavy atom. The van der Waals surface area contributed by atoms with Crippen LogP contribution in [-0.4, -0.2) is 32.2 Å². The molecule has 2 amide bonds. The van der Waals surface area contributed by atoms with Gasteiger partial charge in [0, 0.05) is 23.3 Å². The summed E-state index contributed by atoms with van der Waals surface area (Å²) in [6.07, 6.45) is 1.76. The highest BCUT2D eigenvalue weighted by atomic mass is 16.5. The third-order valence-electron chi connectivity index (χ3n) is 10.8. The molecule has 0 unspecified atom stereocenters. The van der Waals surface area contributed by atoms with E-state index in [1.807, 2.05) is 103 Å². The Hall–Kier alpha value is -6.72. The monoisotopic (exact) mass is 681 g/mol. The number of rotatable bonds is 7. The third kappa shape index (κ3) is 4.36. The summed E-state index contributed by atoms with van der Waals surface area (Å²) in [5.74, 6) is -0.325. The topological polar surface area (TPSA) is 105 Å². The summed E-state index contributed by atoms with van der Waals surface area (Å²) in [7, 11) is 3.20. The van der Waals surface area contributed by atoms with E-state index >= 15 is 0 Å². The van der Waals surface area contributed by atoms with Crippen molar-refractivity contribution in [2.24, 2.45) is 16.8 Å². The number of anilines is 1. The molecule has 8 heteroatoms. The molecule has 1 fully saturated rings. The maximum absolute atomic E-state index is 14.8. The van der Waals surface area contributed by atoms with Gasteiger partial charge in [0.2, 0.25) is 17.7 Å². The van der Waals surface area contributed by atoms with Gasteiger partial charge in [0.15, 0.2) is 0 Å². The van der Waals surface area contributed by atoms with Gasteiger partial charge in [-0.15, -0.1) is 0 Å². The summed E-state index contributed by atoms with van der Waals surface area (Å²) in [5.41, 5.74) is 5.50. The third-order valence-corrected chi connectivity index (χ3v) is 10.8. The summed E-state index contributed by atoms with van der Waals surface area (Å²) in [6, 6.07) is 42.3. The number of hydrogen-bond donors (Lipinski definition) is 0. The van der Waals surface area contributed by atoms with Crippen molar-refractivity contribution in [2.75, 3.05) is 19.1 Å². The van der Waals surface area contributed by atoms with Crippen LogP contribution in [0.15, 0.2) is 137 Å². The first-order valence-electron chi connectivity index (χ1n) is 17.0. The number of carbonyl (C=O) groups is 2. The number of aliphatic imine (C=N–C) groups is 1. The van der Waals surface area contributed by atoms with Crippen LogP contribution in [0, 0.1) is 23.2 Å². The molecule has 10 rings (SSSR count). The number of methoxy groups -OCH3 is 2. The van der Waals surface area contributed by atoms with Gasteiger partial charge >= 0.3 is 0 Å². The number of ether oxygens (including phenoxy) is 2. The fourth-order valence-electron chi connectivity index (χ4n) is 8.63. The molecule has 252 valence electrons. The number of carbonyl (C=O) groups excluding carboxylic acids is 2. The summed E-state index contributed by atoms with van der Waals surface area (Å²) in [5, 5.41) is 10.7. The van der Waals surface area contributed by atoms with Crippen LogP contribution in [0.4, 0.5) is 11.6 Å². The average molecular weight is 682 g/mol. The predicted octanol–water partition coefficient (Wildman–Crippen LogP) is 8.46. The van der Waals surface area contributed by atoms with E-state index in [1.54, 1.807) is 32.6 Å². The zero-order chi connectivity index (χ0) is 35.6. The van der Waals surface area contributed by atoms with Crippen molar-refractivity contribution in [1.82, 2.24) is 0 Å². The van der Waals surface area contributed by atoms with Crippen LogP contribution in [0.5, 0.6) is 11.5 Å². The Balaban J connectivity index is 1.28. The normalized spacial score (nSPS) is 21.1. The maximum Gasteiger partial charge on any atom is 0.239 e. The first-order valence-corrected chi connectivity index (χ1v) is 17.0. The van der Waals surface area contributed by atoms with Gasteiger partial charge < -0.3 is 13.9 Å². The summed E-state index contributed by atoms with van der Waals surface area (Å²) in [6.45, 7) is 0. The standard InChI is InChI=1S/C44H31N3O5/c1-50-29-20-16-26(17-21-29)36-33(24-45)41(52-40(36)27-18-22-30(51-2)23-19-27)46-25-44-34-14-8-6-12-31(34)37(32-13-7-9-15-35(32)44)38-39(44)43(49)47(42(38)48)28-10-4-3-5-11-28/h3-23,25,37-39H,1-2H3/t37?,38-,39+,44?/m0/s1. The zero-order valence-electron chi connectivity index (χ0n) is 28.3. The number of nitrogens with zero attached hydrogens (tertiary/aromatic N) is 3. The van der Waals surface area contributed by atoms with Gasteiger partial charge in [0.1, 0.15) is 28.9 Å². The summed E-state index contributed by atoms with van der Waals surface area (Å²) >= 11 is 0. The fraction of sp³-hybridized carbons (Fsp3) is 0.136. The van der Waals surface area contributed by atoms with E-state index in [0.29, 0.717) is 28.5 Å². The van der Waals surface area contributed by atoms with Crippen molar-refractivity contribution in [1.29, 1.82) is 5.26 Å². The van der Waals surface area contributed by atoms with Crippen molar-refractivity contribution < 1.29 is 23.5 Å². The van der Waals surface area contributed by atoms with E-state index in [2.05, 4.69) is 18.2 Å². The van der Waals surface area contributed by atoms with Gasteiger partial charge in [-0.2, -0.15) is 5.26 Å². The van der Waals surface area contributed by atoms with Crippen LogP contribution in [0.25, 0.3) is 22.5 Å². The number of benzene rings is 5. The van der Waals surface area contributed by atoms with E-state index in [0.717, 1.165) is 33.4 Å². The van der Waals surface area contributed by atoms with Gasteiger partial charge in [-0.05, 0) is 76.3 Å². The number of imide groups is 1. The van der Waals surface area contributed by atoms with Crippen molar-refractivity contribution in [2.45, 2.75) is 11.3 Å². The first kappa shape index (κ1) is 31.3. The molecule has 5 aromatic carbocycles. The Labute approximate surface area is 300 Å². The SMILES string of the molecule is COc1ccc(-c2oc(N=CC34c5ccccc5C(c5ccccc53)[C@@H]3C(=O)N(c5ccccc5)C(=O)[C@@H]34)c(C#N)c2-c2ccc(OC)cc2)cc1. The second-order valence-corrected chi connectivity index (χ2v) is 13.2. The quantitative estimate of drug-likeness (QED) is 0.124. The lowest BCUT2D eigenvalue weighted by Gasteiger charge is -2.52.